The van der Waals surface area contributed by atoms with Crippen molar-refractivity contribution in [2.45, 2.75) is 78.6 Å². The zero-order chi connectivity index (χ0) is 22.1. The second kappa shape index (κ2) is 8.79. The van der Waals surface area contributed by atoms with E-state index in [1.165, 1.54) is 11.1 Å². The monoisotopic (exact) mass is 409 g/mol. The summed E-state index contributed by atoms with van der Waals surface area (Å²) in [4.78, 5) is 28.8. The molecule has 1 aliphatic carbocycles. The van der Waals surface area contributed by atoms with Crippen molar-refractivity contribution >= 4 is 11.8 Å². The Morgan fingerprint density at radius 2 is 1.77 bits per heavy atom. The van der Waals surface area contributed by atoms with Crippen LogP contribution in [0.4, 0.5) is 0 Å². The Hall–Kier alpha value is -2.36. The summed E-state index contributed by atoms with van der Waals surface area (Å²) in [5.74, 6) is 0.257. The van der Waals surface area contributed by atoms with Crippen LogP contribution in [-0.4, -0.2) is 23.3 Å². The average Bonchev–Trinajstić information content (AvgIpc) is 3.05. The highest BCUT2D eigenvalue weighted by molar-refractivity contribution is 6.03. The van der Waals surface area contributed by atoms with Crippen molar-refractivity contribution in [2.24, 2.45) is 5.92 Å². The van der Waals surface area contributed by atoms with Crippen molar-refractivity contribution in [3.63, 3.8) is 0 Å². The lowest BCUT2D eigenvalue weighted by molar-refractivity contribution is 0.0426. The van der Waals surface area contributed by atoms with E-state index in [-0.39, 0.29) is 23.1 Å². The molecule has 0 unspecified atom stereocenters. The number of esters is 1. The number of aromatic amines is 1. The third-order valence-corrected chi connectivity index (χ3v) is 6.55. The van der Waals surface area contributed by atoms with Gasteiger partial charge in [0.15, 0.2) is 5.78 Å². The highest BCUT2D eigenvalue weighted by Gasteiger charge is 2.32. The number of ether oxygens (including phenoxy) is 1. The number of carbonyl (C=O) groups is 2. The minimum Gasteiger partial charge on any atom is -0.461 e. The molecule has 2 aromatic rings. The zero-order valence-electron chi connectivity index (χ0n) is 19.2. The number of H-pyrrole nitrogens is 1. The third-order valence-electron chi connectivity index (χ3n) is 6.55. The van der Waals surface area contributed by atoms with E-state index in [9.17, 15) is 9.59 Å². The lowest BCUT2D eigenvalue weighted by atomic mass is 9.80. The Morgan fingerprint density at radius 3 is 2.33 bits per heavy atom. The number of Topliss-reactive ketones (excluding diaryl/α,β-unsaturated/α-hetero) is 1. The summed E-state index contributed by atoms with van der Waals surface area (Å²) in [6, 6.07) is 8.61. The summed E-state index contributed by atoms with van der Waals surface area (Å²) < 4.78 is 5.54. The second-order valence-electron chi connectivity index (χ2n) is 9.66. The van der Waals surface area contributed by atoms with Gasteiger partial charge in [0.2, 0.25) is 0 Å². The van der Waals surface area contributed by atoms with Crippen LogP contribution < -0.4 is 0 Å². The van der Waals surface area contributed by atoms with Gasteiger partial charge in [0.25, 0.3) is 0 Å². The van der Waals surface area contributed by atoms with Crippen LogP contribution in [0.5, 0.6) is 0 Å². The maximum absolute atomic E-state index is 12.9. The number of aromatic nitrogens is 1. The van der Waals surface area contributed by atoms with Gasteiger partial charge >= 0.3 is 5.97 Å². The fourth-order valence-electron chi connectivity index (χ4n) is 4.32. The quantitative estimate of drug-likeness (QED) is 0.584. The zero-order valence-corrected chi connectivity index (χ0v) is 19.2. The standard InChI is InChI=1S/C26H35NO3/c1-7-17(8-2)15-30-25(29)24-16(3)23-21(27-24)13-19(14-22(23)28)18-9-11-20(12-10-18)26(4,5)6/h9-12,17,19,27H,7-8,13-15H2,1-6H3/t19-/m1/s1. The molecule has 1 aromatic carbocycles. The molecule has 1 aromatic heterocycles. The summed E-state index contributed by atoms with van der Waals surface area (Å²) in [5.41, 5.74) is 5.28. The summed E-state index contributed by atoms with van der Waals surface area (Å²) in [6.45, 7) is 13.1. The van der Waals surface area contributed by atoms with Crippen LogP contribution >= 0.6 is 0 Å². The van der Waals surface area contributed by atoms with Crippen LogP contribution in [0.15, 0.2) is 24.3 Å². The number of nitrogens with one attached hydrogen (secondary N) is 1. The lowest BCUT2D eigenvalue weighted by Crippen LogP contribution is -2.19. The molecule has 30 heavy (non-hydrogen) atoms. The fraction of sp³-hybridized carbons (Fsp3) is 0.538. The highest BCUT2D eigenvalue weighted by atomic mass is 16.5. The van der Waals surface area contributed by atoms with E-state index in [1.807, 2.05) is 6.92 Å². The number of rotatable bonds is 6. The van der Waals surface area contributed by atoms with E-state index < -0.39 is 0 Å². The van der Waals surface area contributed by atoms with Crippen molar-refractivity contribution in [3.05, 3.63) is 57.9 Å². The van der Waals surface area contributed by atoms with E-state index in [1.54, 1.807) is 0 Å². The van der Waals surface area contributed by atoms with E-state index in [2.05, 4.69) is 63.9 Å². The molecule has 0 saturated heterocycles. The third kappa shape index (κ3) is 4.53. The normalized spacial score (nSPS) is 16.6. The average molecular weight is 410 g/mol. The molecule has 1 N–H and O–H groups in total. The minimum absolute atomic E-state index is 0.106. The maximum Gasteiger partial charge on any atom is 0.355 e. The minimum atomic E-state index is -0.354. The van der Waals surface area contributed by atoms with Crippen molar-refractivity contribution in [3.8, 4) is 0 Å². The molecule has 0 aliphatic heterocycles. The van der Waals surface area contributed by atoms with Crippen molar-refractivity contribution < 1.29 is 14.3 Å². The van der Waals surface area contributed by atoms with E-state index in [4.69, 9.17) is 4.74 Å². The Labute approximate surface area is 180 Å². The first-order valence-corrected chi connectivity index (χ1v) is 11.2. The molecular weight excluding hydrogens is 374 g/mol. The van der Waals surface area contributed by atoms with Crippen molar-refractivity contribution in [1.82, 2.24) is 4.98 Å². The number of benzene rings is 1. The first-order chi connectivity index (χ1) is 14.2. The predicted octanol–water partition coefficient (Wildman–Crippen LogP) is 6.13. The molecule has 1 aliphatic rings. The van der Waals surface area contributed by atoms with Crippen molar-refractivity contribution in [1.29, 1.82) is 0 Å². The molecule has 4 heteroatoms. The smallest absolute Gasteiger partial charge is 0.355 e. The van der Waals surface area contributed by atoms with Gasteiger partial charge in [0.1, 0.15) is 5.69 Å². The van der Waals surface area contributed by atoms with Crippen LogP contribution in [0, 0.1) is 12.8 Å². The van der Waals surface area contributed by atoms with Gasteiger partial charge in [-0.15, -0.1) is 0 Å². The van der Waals surface area contributed by atoms with Gasteiger partial charge < -0.3 is 9.72 Å². The topological polar surface area (TPSA) is 59.2 Å². The molecule has 0 spiro atoms. The Morgan fingerprint density at radius 1 is 1.13 bits per heavy atom. The number of fused-ring (bicyclic) bond motifs is 1. The first kappa shape index (κ1) is 22.3. The molecular formula is C26H35NO3. The second-order valence-corrected chi connectivity index (χ2v) is 9.66. The molecule has 0 radical (unpaired) electrons. The van der Waals surface area contributed by atoms with Gasteiger partial charge in [-0.05, 0) is 47.3 Å². The molecule has 162 valence electrons. The summed E-state index contributed by atoms with van der Waals surface area (Å²) >= 11 is 0. The van der Waals surface area contributed by atoms with Gasteiger partial charge in [0, 0.05) is 17.7 Å². The van der Waals surface area contributed by atoms with Crippen LogP contribution in [-0.2, 0) is 16.6 Å². The molecule has 0 saturated carbocycles. The van der Waals surface area contributed by atoms with Gasteiger partial charge in [-0.2, -0.15) is 0 Å². The highest BCUT2D eigenvalue weighted by Crippen LogP contribution is 2.36. The van der Waals surface area contributed by atoms with Crippen molar-refractivity contribution in [2.75, 3.05) is 6.61 Å². The SMILES string of the molecule is CCC(CC)COC(=O)c1[nH]c2c(c1C)C(=O)C[C@H](c1ccc(C(C)(C)C)cc1)C2. The molecule has 0 bridgehead atoms. The number of hydrogen-bond donors (Lipinski definition) is 1. The summed E-state index contributed by atoms with van der Waals surface area (Å²) in [7, 11) is 0. The Kier molecular flexibility index (Phi) is 6.54. The van der Waals surface area contributed by atoms with Gasteiger partial charge in [-0.3, -0.25) is 4.79 Å². The molecule has 0 amide bonds. The molecule has 1 atom stereocenters. The van der Waals surface area contributed by atoms with Crippen LogP contribution in [0.3, 0.4) is 0 Å². The molecule has 1 heterocycles. The van der Waals surface area contributed by atoms with E-state index >= 15 is 0 Å². The molecule has 4 nitrogen and oxygen atoms in total. The van der Waals surface area contributed by atoms with Gasteiger partial charge in [0.05, 0.1) is 6.61 Å². The van der Waals surface area contributed by atoms with E-state index in [0.29, 0.717) is 30.2 Å². The van der Waals surface area contributed by atoms with Crippen LogP contribution in [0.2, 0.25) is 0 Å². The fourth-order valence-corrected chi connectivity index (χ4v) is 4.32. The Balaban J connectivity index is 1.79. The van der Waals surface area contributed by atoms with Crippen LogP contribution in [0.1, 0.15) is 103 Å². The predicted molar refractivity (Wildman–Crippen MR) is 120 cm³/mol. The van der Waals surface area contributed by atoms with Crippen LogP contribution in [0.25, 0.3) is 0 Å². The molecule has 3 rings (SSSR count). The number of carbonyl (C=O) groups excluding carboxylic acids is 2. The largest absolute Gasteiger partial charge is 0.461 e. The lowest BCUT2D eigenvalue weighted by Gasteiger charge is -2.24. The molecule has 0 fully saturated rings. The van der Waals surface area contributed by atoms with Gasteiger partial charge in [-0.1, -0.05) is 71.7 Å². The number of hydrogen-bond acceptors (Lipinski definition) is 3. The Bertz CT molecular complexity index is 911. The maximum atomic E-state index is 12.9. The summed E-state index contributed by atoms with van der Waals surface area (Å²) in [6.07, 6.45) is 3.18. The number of ketones is 1. The van der Waals surface area contributed by atoms with E-state index in [0.717, 1.165) is 30.5 Å². The summed E-state index contributed by atoms with van der Waals surface area (Å²) in [5, 5.41) is 0. The first-order valence-electron chi connectivity index (χ1n) is 11.2. The van der Waals surface area contributed by atoms with Gasteiger partial charge in [-0.25, -0.2) is 4.79 Å².